The first-order chi connectivity index (χ1) is 9.18. The molecule has 19 heavy (non-hydrogen) atoms. The molecular weight excluding hydrogens is 272 g/mol. The maximum absolute atomic E-state index is 10.9. The van der Waals surface area contributed by atoms with Gasteiger partial charge in [0.15, 0.2) is 0 Å². The Kier molecular flexibility index (Phi) is 4.86. The Balaban J connectivity index is 1.92. The lowest BCUT2D eigenvalue weighted by Gasteiger charge is -2.22. The number of anilines is 1. The van der Waals surface area contributed by atoms with Crippen molar-refractivity contribution in [3.63, 3.8) is 0 Å². The van der Waals surface area contributed by atoms with Gasteiger partial charge in [0.05, 0.1) is 11.0 Å². The standard InChI is InChI=1S/C11H15ClN4O3/c12-10-9(16(17)18)11(15-7-14-10)13-5-4-8-3-1-2-6-19-8/h7-8H,1-6H2,(H,13,14,15). The van der Waals surface area contributed by atoms with Gasteiger partial charge in [0.1, 0.15) is 6.33 Å². The van der Waals surface area contributed by atoms with Gasteiger partial charge in [0.2, 0.25) is 11.0 Å². The molecule has 1 fully saturated rings. The number of ether oxygens (including phenoxy) is 1. The van der Waals surface area contributed by atoms with E-state index in [4.69, 9.17) is 16.3 Å². The fourth-order valence-electron chi connectivity index (χ4n) is 2.04. The normalized spacial score (nSPS) is 19.1. The van der Waals surface area contributed by atoms with Gasteiger partial charge in [-0.05, 0) is 25.7 Å². The van der Waals surface area contributed by atoms with Crippen LogP contribution in [0.25, 0.3) is 0 Å². The van der Waals surface area contributed by atoms with E-state index in [-0.39, 0.29) is 22.8 Å². The number of halogens is 1. The molecule has 1 unspecified atom stereocenters. The third-order valence-electron chi connectivity index (χ3n) is 2.99. The van der Waals surface area contributed by atoms with E-state index in [0.717, 1.165) is 25.9 Å². The molecular formula is C11H15ClN4O3. The molecule has 1 aromatic rings. The van der Waals surface area contributed by atoms with Gasteiger partial charge >= 0.3 is 5.69 Å². The Bertz CT molecular complexity index is 452. The molecule has 1 N–H and O–H groups in total. The number of rotatable bonds is 5. The number of hydrogen-bond acceptors (Lipinski definition) is 6. The summed E-state index contributed by atoms with van der Waals surface area (Å²) in [5, 5.41) is 13.7. The van der Waals surface area contributed by atoms with Gasteiger partial charge in [-0.1, -0.05) is 11.6 Å². The molecule has 0 aliphatic carbocycles. The van der Waals surface area contributed by atoms with E-state index in [1.165, 1.54) is 12.7 Å². The van der Waals surface area contributed by atoms with Gasteiger partial charge < -0.3 is 10.1 Å². The fourth-order valence-corrected chi connectivity index (χ4v) is 2.24. The molecule has 0 radical (unpaired) electrons. The van der Waals surface area contributed by atoms with Crippen LogP contribution in [0.15, 0.2) is 6.33 Å². The smallest absolute Gasteiger partial charge is 0.348 e. The zero-order chi connectivity index (χ0) is 13.7. The van der Waals surface area contributed by atoms with Crippen molar-refractivity contribution in [2.75, 3.05) is 18.5 Å². The Morgan fingerprint density at radius 3 is 3.05 bits per heavy atom. The van der Waals surface area contributed by atoms with Crippen molar-refractivity contribution < 1.29 is 9.66 Å². The SMILES string of the molecule is O=[N+]([O-])c1c(Cl)ncnc1NCCC1CCCCO1. The third kappa shape index (κ3) is 3.74. The monoisotopic (exact) mass is 286 g/mol. The molecule has 0 saturated carbocycles. The van der Waals surface area contributed by atoms with Gasteiger partial charge in [-0.25, -0.2) is 9.97 Å². The highest BCUT2D eigenvalue weighted by molar-refractivity contribution is 6.31. The fraction of sp³-hybridized carbons (Fsp3) is 0.636. The number of nitro groups is 1. The highest BCUT2D eigenvalue weighted by Gasteiger charge is 2.21. The number of aromatic nitrogens is 2. The second-order valence-corrected chi connectivity index (χ2v) is 4.68. The molecule has 0 aromatic carbocycles. The number of nitrogens with one attached hydrogen (secondary N) is 1. The summed E-state index contributed by atoms with van der Waals surface area (Å²) < 4.78 is 5.58. The van der Waals surface area contributed by atoms with Crippen LogP contribution in [0.1, 0.15) is 25.7 Å². The van der Waals surface area contributed by atoms with Crippen molar-refractivity contribution in [3.05, 3.63) is 21.6 Å². The van der Waals surface area contributed by atoms with Crippen molar-refractivity contribution >= 4 is 23.1 Å². The van der Waals surface area contributed by atoms with Gasteiger partial charge in [0.25, 0.3) is 0 Å². The molecule has 104 valence electrons. The van der Waals surface area contributed by atoms with Crippen LogP contribution in [0.4, 0.5) is 11.5 Å². The molecule has 1 aromatic heterocycles. The summed E-state index contributed by atoms with van der Waals surface area (Å²) in [4.78, 5) is 17.8. The van der Waals surface area contributed by atoms with E-state index >= 15 is 0 Å². The Morgan fingerprint density at radius 2 is 2.37 bits per heavy atom. The van der Waals surface area contributed by atoms with Crippen LogP contribution < -0.4 is 5.32 Å². The first kappa shape index (κ1) is 14.0. The Hall–Kier alpha value is -1.47. The molecule has 1 aliphatic rings. The lowest BCUT2D eigenvalue weighted by molar-refractivity contribution is -0.384. The molecule has 1 aliphatic heterocycles. The molecule has 7 nitrogen and oxygen atoms in total. The highest BCUT2D eigenvalue weighted by Crippen LogP contribution is 2.28. The summed E-state index contributed by atoms with van der Waals surface area (Å²) >= 11 is 5.69. The minimum atomic E-state index is -0.582. The highest BCUT2D eigenvalue weighted by atomic mass is 35.5. The predicted molar refractivity (Wildman–Crippen MR) is 70.4 cm³/mol. The van der Waals surface area contributed by atoms with Crippen LogP contribution in [-0.4, -0.2) is 34.1 Å². The van der Waals surface area contributed by atoms with Crippen LogP contribution in [-0.2, 0) is 4.74 Å². The topological polar surface area (TPSA) is 90.2 Å². The van der Waals surface area contributed by atoms with Crippen molar-refractivity contribution in [2.45, 2.75) is 31.8 Å². The van der Waals surface area contributed by atoms with Crippen LogP contribution in [0.5, 0.6) is 0 Å². The summed E-state index contributed by atoms with van der Waals surface area (Å²) in [6, 6.07) is 0. The van der Waals surface area contributed by atoms with Gasteiger partial charge in [0, 0.05) is 13.2 Å². The first-order valence-corrected chi connectivity index (χ1v) is 6.56. The van der Waals surface area contributed by atoms with E-state index in [2.05, 4.69) is 15.3 Å². The summed E-state index contributed by atoms with van der Waals surface area (Å²) in [5.74, 6) is 0.154. The van der Waals surface area contributed by atoms with Crippen LogP contribution in [0.3, 0.4) is 0 Å². The molecule has 1 saturated heterocycles. The van der Waals surface area contributed by atoms with Crippen molar-refractivity contribution in [1.29, 1.82) is 0 Å². The summed E-state index contributed by atoms with van der Waals surface area (Å²) in [6.45, 7) is 1.35. The maximum Gasteiger partial charge on any atom is 0.348 e. The van der Waals surface area contributed by atoms with Gasteiger partial charge in [-0.2, -0.15) is 0 Å². The maximum atomic E-state index is 10.9. The first-order valence-electron chi connectivity index (χ1n) is 6.19. The molecule has 2 rings (SSSR count). The van der Waals surface area contributed by atoms with Crippen molar-refractivity contribution in [2.24, 2.45) is 0 Å². The predicted octanol–water partition coefficient (Wildman–Crippen LogP) is 2.41. The number of hydrogen-bond donors (Lipinski definition) is 1. The third-order valence-corrected chi connectivity index (χ3v) is 3.27. The minimum absolute atomic E-state index is 0.154. The molecule has 0 amide bonds. The van der Waals surface area contributed by atoms with Gasteiger partial charge in [-0.3, -0.25) is 10.1 Å². The Morgan fingerprint density at radius 1 is 1.53 bits per heavy atom. The zero-order valence-corrected chi connectivity index (χ0v) is 11.1. The average molecular weight is 287 g/mol. The largest absolute Gasteiger partial charge is 0.378 e. The minimum Gasteiger partial charge on any atom is -0.378 e. The Labute approximate surface area is 115 Å². The molecule has 1 atom stereocenters. The van der Waals surface area contributed by atoms with Crippen molar-refractivity contribution in [1.82, 2.24) is 9.97 Å². The van der Waals surface area contributed by atoms with E-state index in [9.17, 15) is 10.1 Å². The number of nitrogens with zero attached hydrogens (tertiary/aromatic N) is 3. The molecule has 8 heteroatoms. The zero-order valence-electron chi connectivity index (χ0n) is 10.3. The molecule has 0 spiro atoms. The van der Waals surface area contributed by atoms with Crippen LogP contribution in [0, 0.1) is 10.1 Å². The quantitative estimate of drug-likeness (QED) is 0.508. The lowest BCUT2D eigenvalue weighted by Crippen LogP contribution is -2.22. The molecule has 2 heterocycles. The second kappa shape index (κ2) is 6.63. The van der Waals surface area contributed by atoms with E-state index in [1.807, 2.05) is 0 Å². The van der Waals surface area contributed by atoms with Crippen molar-refractivity contribution in [3.8, 4) is 0 Å². The van der Waals surface area contributed by atoms with Gasteiger partial charge in [-0.15, -0.1) is 0 Å². The molecule has 0 bridgehead atoms. The van der Waals surface area contributed by atoms with Crippen LogP contribution in [0.2, 0.25) is 5.15 Å². The van der Waals surface area contributed by atoms with E-state index < -0.39 is 4.92 Å². The summed E-state index contributed by atoms with van der Waals surface area (Å²) in [5.41, 5.74) is -0.284. The average Bonchev–Trinajstić information content (AvgIpc) is 2.39. The summed E-state index contributed by atoms with van der Waals surface area (Å²) in [7, 11) is 0. The summed E-state index contributed by atoms with van der Waals surface area (Å²) in [6.07, 6.45) is 5.53. The van der Waals surface area contributed by atoms with Crippen LogP contribution >= 0.6 is 11.6 Å². The van der Waals surface area contributed by atoms with E-state index in [0.29, 0.717) is 6.54 Å². The van der Waals surface area contributed by atoms with E-state index in [1.54, 1.807) is 0 Å². The second-order valence-electron chi connectivity index (χ2n) is 4.32. The lowest BCUT2D eigenvalue weighted by atomic mass is 10.1.